The summed E-state index contributed by atoms with van der Waals surface area (Å²) in [6.07, 6.45) is -4.25. The molecule has 0 radical (unpaired) electrons. The van der Waals surface area contributed by atoms with Gasteiger partial charge in [0.05, 0.1) is 32.0 Å². The van der Waals surface area contributed by atoms with Gasteiger partial charge in [-0.2, -0.15) is 5.06 Å². The number of aliphatic hydroxyl groups is 2. The predicted molar refractivity (Wildman–Crippen MR) is 107 cm³/mol. The number of rotatable bonds is 9. The lowest BCUT2D eigenvalue weighted by Crippen LogP contribution is -2.45. The highest BCUT2D eigenvalue weighted by molar-refractivity contribution is 5.66. The molecule has 8 heteroatoms. The molecule has 3 rings (SSSR count). The van der Waals surface area contributed by atoms with E-state index >= 15 is 0 Å². The number of hydrogen-bond donors (Lipinski definition) is 3. The number of benzene rings is 2. The lowest BCUT2D eigenvalue weighted by atomic mass is 10.2. The zero-order valence-electron chi connectivity index (χ0n) is 16.5. The van der Waals surface area contributed by atoms with E-state index in [2.05, 4.69) is 0 Å². The summed E-state index contributed by atoms with van der Waals surface area (Å²) in [6.45, 7) is 0.944. The van der Waals surface area contributed by atoms with Crippen LogP contribution >= 0.6 is 0 Å². The van der Waals surface area contributed by atoms with Crippen LogP contribution in [0.25, 0.3) is 0 Å². The first-order chi connectivity index (χ1) is 14.6. The Balaban J connectivity index is 1.40. The normalized spacial score (nSPS) is 23.3. The largest absolute Gasteiger partial charge is 0.443 e. The molecule has 1 amide bonds. The van der Waals surface area contributed by atoms with Gasteiger partial charge < -0.3 is 24.4 Å². The van der Waals surface area contributed by atoms with Gasteiger partial charge in [-0.3, -0.25) is 5.21 Å². The third kappa shape index (κ3) is 6.01. The minimum Gasteiger partial charge on any atom is -0.443 e. The van der Waals surface area contributed by atoms with Crippen LogP contribution in [0.1, 0.15) is 17.5 Å². The van der Waals surface area contributed by atoms with Crippen LogP contribution < -0.4 is 0 Å². The van der Waals surface area contributed by atoms with Crippen molar-refractivity contribution in [2.75, 3.05) is 13.2 Å². The number of amides is 1. The molecule has 2 aromatic carbocycles. The summed E-state index contributed by atoms with van der Waals surface area (Å²) in [5, 5.41) is 30.9. The monoisotopic (exact) mass is 417 g/mol. The Morgan fingerprint density at radius 1 is 0.900 bits per heavy atom. The Bertz CT molecular complexity index is 774. The van der Waals surface area contributed by atoms with E-state index < -0.39 is 30.4 Å². The minimum atomic E-state index is -1.35. The summed E-state index contributed by atoms with van der Waals surface area (Å²) < 4.78 is 16.2. The highest BCUT2D eigenvalue weighted by Crippen LogP contribution is 2.27. The van der Waals surface area contributed by atoms with Gasteiger partial charge in [0.25, 0.3) is 0 Å². The van der Waals surface area contributed by atoms with Crippen LogP contribution in [0.2, 0.25) is 0 Å². The van der Waals surface area contributed by atoms with Crippen LogP contribution in [-0.4, -0.2) is 64.1 Å². The molecule has 30 heavy (non-hydrogen) atoms. The van der Waals surface area contributed by atoms with E-state index in [4.69, 9.17) is 14.2 Å². The van der Waals surface area contributed by atoms with Crippen molar-refractivity contribution in [2.45, 2.75) is 44.0 Å². The fourth-order valence-electron chi connectivity index (χ4n) is 3.32. The number of aliphatic hydroxyl groups excluding tert-OH is 2. The maximum atomic E-state index is 12.1. The average Bonchev–Trinajstić information content (AvgIpc) is 3.06. The molecule has 1 saturated carbocycles. The summed E-state index contributed by atoms with van der Waals surface area (Å²) in [5.41, 5.74) is 1.81. The fraction of sp³-hybridized carbons (Fsp3) is 0.409. The molecule has 4 unspecified atom stereocenters. The average molecular weight is 417 g/mol. The van der Waals surface area contributed by atoms with Gasteiger partial charge in [0, 0.05) is 6.42 Å². The zero-order chi connectivity index (χ0) is 21.3. The molecule has 0 heterocycles. The van der Waals surface area contributed by atoms with E-state index in [1.165, 1.54) is 0 Å². The van der Waals surface area contributed by atoms with Crippen LogP contribution in [0.4, 0.5) is 4.79 Å². The van der Waals surface area contributed by atoms with Crippen molar-refractivity contribution in [2.24, 2.45) is 0 Å². The van der Waals surface area contributed by atoms with E-state index in [0.717, 1.165) is 11.1 Å². The lowest BCUT2D eigenvalue weighted by Gasteiger charge is -2.24. The number of hydrogen-bond acceptors (Lipinski definition) is 7. The Morgan fingerprint density at radius 3 is 2.13 bits per heavy atom. The quantitative estimate of drug-likeness (QED) is 0.326. The van der Waals surface area contributed by atoms with E-state index in [1.54, 1.807) is 12.1 Å². The van der Waals surface area contributed by atoms with Crippen molar-refractivity contribution in [3.05, 3.63) is 71.8 Å². The van der Waals surface area contributed by atoms with Crippen LogP contribution in [0.3, 0.4) is 0 Å². The van der Waals surface area contributed by atoms with Crippen LogP contribution in [-0.2, 0) is 27.4 Å². The van der Waals surface area contributed by atoms with Gasteiger partial charge in [0.2, 0.25) is 0 Å². The summed E-state index contributed by atoms with van der Waals surface area (Å²) in [4.78, 5) is 12.1. The van der Waals surface area contributed by atoms with Gasteiger partial charge in [-0.1, -0.05) is 60.7 Å². The molecule has 1 fully saturated rings. The maximum Gasteiger partial charge on any atom is 0.434 e. The molecular weight excluding hydrogens is 390 g/mol. The maximum absolute atomic E-state index is 12.1. The molecule has 0 aliphatic heterocycles. The lowest BCUT2D eigenvalue weighted by molar-refractivity contribution is -0.135. The van der Waals surface area contributed by atoms with E-state index in [1.807, 2.05) is 48.5 Å². The van der Waals surface area contributed by atoms with Crippen molar-refractivity contribution in [1.82, 2.24) is 5.06 Å². The summed E-state index contributed by atoms with van der Waals surface area (Å²) >= 11 is 0. The molecule has 1 aliphatic rings. The Hall–Kier alpha value is -2.49. The number of ether oxygens (including phenoxy) is 3. The van der Waals surface area contributed by atoms with Crippen molar-refractivity contribution in [3.63, 3.8) is 0 Å². The first kappa shape index (κ1) is 22.2. The van der Waals surface area contributed by atoms with Crippen LogP contribution in [0.5, 0.6) is 0 Å². The van der Waals surface area contributed by atoms with E-state index in [9.17, 15) is 20.2 Å². The number of hydroxylamine groups is 2. The zero-order valence-corrected chi connectivity index (χ0v) is 16.5. The second-order valence-electron chi connectivity index (χ2n) is 7.12. The van der Waals surface area contributed by atoms with Crippen LogP contribution in [0, 0.1) is 0 Å². The third-order valence-electron chi connectivity index (χ3n) is 4.98. The second kappa shape index (κ2) is 11.1. The molecule has 1 aliphatic carbocycles. The van der Waals surface area contributed by atoms with E-state index in [0.29, 0.717) is 18.3 Å². The fourth-order valence-corrected chi connectivity index (χ4v) is 3.32. The smallest absolute Gasteiger partial charge is 0.434 e. The molecule has 0 bridgehead atoms. The molecule has 4 atom stereocenters. The number of carbonyl (C=O) groups is 1. The second-order valence-corrected chi connectivity index (χ2v) is 7.12. The van der Waals surface area contributed by atoms with Crippen molar-refractivity contribution >= 4 is 6.09 Å². The molecule has 0 aromatic heterocycles. The Labute approximate surface area is 175 Å². The van der Waals surface area contributed by atoms with Gasteiger partial charge in [-0.15, -0.1) is 0 Å². The Morgan fingerprint density at radius 2 is 1.50 bits per heavy atom. The molecular formula is C22H27NO7. The number of nitrogens with zero attached hydrogens (tertiary/aromatic N) is 1. The molecule has 8 nitrogen and oxygen atoms in total. The van der Waals surface area contributed by atoms with Gasteiger partial charge >= 0.3 is 6.09 Å². The summed E-state index contributed by atoms with van der Waals surface area (Å²) in [5.74, 6) is 0. The van der Waals surface area contributed by atoms with Gasteiger partial charge in [-0.05, 0) is 11.1 Å². The molecule has 162 valence electrons. The molecule has 0 spiro atoms. The van der Waals surface area contributed by atoms with Crippen molar-refractivity contribution < 1.29 is 34.4 Å². The van der Waals surface area contributed by atoms with E-state index in [-0.39, 0.29) is 19.6 Å². The summed E-state index contributed by atoms with van der Waals surface area (Å²) in [7, 11) is 0. The van der Waals surface area contributed by atoms with Crippen LogP contribution in [0.15, 0.2) is 60.7 Å². The molecule has 3 N–H and O–H groups in total. The summed E-state index contributed by atoms with van der Waals surface area (Å²) in [6, 6.07) is 17.7. The molecule has 2 aromatic rings. The third-order valence-corrected chi connectivity index (χ3v) is 4.98. The topological polar surface area (TPSA) is 109 Å². The molecule has 0 saturated heterocycles. The Kier molecular flexibility index (Phi) is 8.18. The highest BCUT2D eigenvalue weighted by Gasteiger charge is 2.46. The predicted octanol–water partition coefficient (Wildman–Crippen LogP) is 2.11. The highest BCUT2D eigenvalue weighted by atomic mass is 16.6. The standard InChI is InChI=1S/C22H27NO7/c24-20-18(23(27)22(26)30-15-17-9-5-2-6-10-17)13-19(21(20)25)29-12-11-28-14-16-7-3-1-4-8-16/h1-10,18-21,24-25,27H,11-15H2. The number of carbonyl (C=O) groups excluding carboxylic acids is 1. The van der Waals surface area contributed by atoms with Gasteiger partial charge in [0.15, 0.2) is 0 Å². The first-order valence-corrected chi connectivity index (χ1v) is 9.84. The minimum absolute atomic E-state index is 0.0131. The van der Waals surface area contributed by atoms with Gasteiger partial charge in [-0.25, -0.2) is 4.79 Å². The first-order valence-electron chi connectivity index (χ1n) is 9.84. The van der Waals surface area contributed by atoms with Gasteiger partial charge in [0.1, 0.15) is 18.8 Å². The SMILES string of the molecule is O=C(OCc1ccccc1)N(O)C1CC(OCCOCc2ccccc2)C(O)C1O. The van der Waals surface area contributed by atoms with Crippen molar-refractivity contribution in [3.8, 4) is 0 Å². The van der Waals surface area contributed by atoms with Crippen molar-refractivity contribution in [1.29, 1.82) is 0 Å².